The number of anilines is 1. The van der Waals surface area contributed by atoms with Crippen LogP contribution >= 0.6 is 11.6 Å². The largest absolute Gasteiger partial charge is 0.325 e. The maximum atomic E-state index is 12.9. The minimum absolute atomic E-state index is 0.00780. The number of carbonyl (C=O) groups excluding carboxylic acids is 1. The van der Waals surface area contributed by atoms with Crippen LogP contribution in [0.2, 0.25) is 5.02 Å². The van der Waals surface area contributed by atoms with Gasteiger partial charge in [-0.2, -0.15) is 0 Å². The molecule has 0 heterocycles. The van der Waals surface area contributed by atoms with Gasteiger partial charge in [0.25, 0.3) is 0 Å². The van der Waals surface area contributed by atoms with Crippen molar-refractivity contribution in [3.05, 3.63) is 29.0 Å². The number of benzene rings is 1. The lowest BCUT2D eigenvalue weighted by atomic mass is 10.1. The van der Waals surface area contributed by atoms with Crippen LogP contribution in [-0.2, 0) is 4.79 Å². The molecule has 0 fully saturated rings. The monoisotopic (exact) mass is 258 g/mol. The van der Waals surface area contributed by atoms with Crippen molar-refractivity contribution in [3.63, 3.8) is 0 Å². The lowest BCUT2D eigenvalue weighted by Gasteiger charge is -2.20. The lowest BCUT2D eigenvalue weighted by Crippen LogP contribution is -2.41. The van der Waals surface area contributed by atoms with Crippen molar-refractivity contribution in [2.75, 3.05) is 11.9 Å². The van der Waals surface area contributed by atoms with E-state index < -0.39 is 5.82 Å². The number of nitrogens with one attached hydrogen (secondary N) is 2. The molecule has 1 aromatic carbocycles. The molecule has 1 rings (SSSR count). The van der Waals surface area contributed by atoms with Crippen molar-refractivity contribution in [1.82, 2.24) is 5.32 Å². The number of hydrogen-bond acceptors (Lipinski definition) is 2. The molecule has 2 N–H and O–H groups in total. The minimum atomic E-state index is -0.502. The number of carbonyl (C=O) groups is 1. The summed E-state index contributed by atoms with van der Waals surface area (Å²) in [6.45, 7) is 6.09. The van der Waals surface area contributed by atoms with Crippen LogP contribution in [0.15, 0.2) is 18.2 Å². The predicted octanol–water partition coefficient (Wildman–Crippen LogP) is 2.81. The summed E-state index contributed by atoms with van der Waals surface area (Å²) < 4.78 is 12.9. The number of amides is 1. The normalized spacial score (nSPS) is 11.4. The van der Waals surface area contributed by atoms with Gasteiger partial charge in [-0.1, -0.05) is 11.6 Å². The molecule has 0 saturated heterocycles. The molecule has 0 radical (unpaired) electrons. The van der Waals surface area contributed by atoms with Crippen LogP contribution in [0.1, 0.15) is 20.8 Å². The molecule has 0 atom stereocenters. The molecule has 0 bridgehead atoms. The van der Waals surface area contributed by atoms with Crippen LogP contribution < -0.4 is 10.6 Å². The van der Waals surface area contributed by atoms with E-state index in [4.69, 9.17) is 11.6 Å². The Bertz CT molecular complexity index is 415. The molecule has 17 heavy (non-hydrogen) atoms. The van der Waals surface area contributed by atoms with Crippen molar-refractivity contribution in [2.45, 2.75) is 26.3 Å². The number of rotatable bonds is 3. The molecule has 0 spiro atoms. The van der Waals surface area contributed by atoms with Gasteiger partial charge in [0, 0.05) is 11.2 Å². The van der Waals surface area contributed by atoms with E-state index in [0.717, 1.165) is 0 Å². The van der Waals surface area contributed by atoms with Crippen molar-refractivity contribution in [1.29, 1.82) is 0 Å². The Morgan fingerprint density at radius 1 is 1.41 bits per heavy atom. The second-order valence-corrected chi connectivity index (χ2v) is 5.19. The molecule has 1 aromatic rings. The molecule has 1 amide bonds. The Kier molecular flexibility index (Phi) is 4.48. The van der Waals surface area contributed by atoms with E-state index >= 15 is 0 Å². The van der Waals surface area contributed by atoms with Gasteiger partial charge in [0.05, 0.1) is 11.6 Å². The van der Waals surface area contributed by atoms with Crippen molar-refractivity contribution in [2.24, 2.45) is 0 Å². The van der Waals surface area contributed by atoms with Gasteiger partial charge in [0.15, 0.2) is 0 Å². The minimum Gasteiger partial charge on any atom is -0.325 e. The summed E-state index contributed by atoms with van der Waals surface area (Å²) in [4.78, 5) is 11.5. The smallest absolute Gasteiger partial charge is 0.238 e. The predicted molar refractivity (Wildman–Crippen MR) is 67.8 cm³/mol. The summed E-state index contributed by atoms with van der Waals surface area (Å²) in [7, 11) is 0. The first-order valence-corrected chi connectivity index (χ1v) is 5.66. The Balaban J connectivity index is 2.54. The van der Waals surface area contributed by atoms with E-state index in [2.05, 4.69) is 10.6 Å². The third-order valence-electron chi connectivity index (χ3n) is 1.98. The van der Waals surface area contributed by atoms with Crippen LogP contribution in [-0.4, -0.2) is 18.0 Å². The average molecular weight is 259 g/mol. The van der Waals surface area contributed by atoms with E-state index in [1.54, 1.807) is 0 Å². The quantitative estimate of drug-likeness (QED) is 0.875. The zero-order valence-electron chi connectivity index (χ0n) is 10.1. The van der Waals surface area contributed by atoms with Gasteiger partial charge < -0.3 is 10.6 Å². The molecular formula is C12H16ClFN2O. The highest BCUT2D eigenvalue weighted by Gasteiger charge is 2.11. The lowest BCUT2D eigenvalue weighted by molar-refractivity contribution is -0.115. The second-order valence-electron chi connectivity index (χ2n) is 4.78. The van der Waals surface area contributed by atoms with Gasteiger partial charge >= 0.3 is 0 Å². The zero-order valence-corrected chi connectivity index (χ0v) is 10.9. The van der Waals surface area contributed by atoms with Crippen LogP contribution in [0.25, 0.3) is 0 Å². The molecule has 0 aliphatic carbocycles. The molecule has 0 saturated carbocycles. The third kappa shape index (κ3) is 5.15. The van der Waals surface area contributed by atoms with E-state index in [1.807, 2.05) is 20.8 Å². The van der Waals surface area contributed by atoms with Crippen LogP contribution in [0.4, 0.5) is 10.1 Å². The summed E-state index contributed by atoms with van der Waals surface area (Å²) >= 11 is 5.61. The van der Waals surface area contributed by atoms with Crippen LogP contribution in [0, 0.1) is 5.82 Å². The molecule has 0 aromatic heterocycles. The van der Waals surface area contributed by atoms with Gasteiger partial charge in [0.1, 0.15) is 5.82 Å². The zero-order chi connectivity index (χ0) is 13.1. The molecule has 0 unspecified atom stereocenters. The third-order valence-corrected chi connectivity index (χ3v) is 2.27. The van der Waals surface area contributed by atoms with Gasteiger partial charge in [-0.05, 0) is 39.0 Å². The summed E-state index contributed by atoms with van der Waals surface area (Å²) in [5.74, 6) is -0.694. The highest BCUT2D eigenvalue weighted by molar-refractivity contribution is 6.31. The molecule has 3 nitrogen and oxygen atoms in total. The van der Waals surface area contributed by atoms with Gasteiger partial charge in [0.2, 0.25) is 5.91 Å². The van der Waals surface area contributed by atoms with Gasteiger partial charge in [-0.15, -0.1) is 0 Å². The summed E-state index contributed by atoms with van der Waals surface area (Å²) in [5, 5.41) is 5.67. The first-order valence-electron chi connectivity index (χ1n) is 5.28. The van der Waals surface area contributed by atoms with Crippen LogP contribution in [0.5, 0.6) is 0 Å². The van der Waals surface area contributed by atoms with Crippen molar-refractivity contribution in [3.8, 4) is 0 Å². The first kappa shape index (κ1) is 13.9. The van der Waals surface area contributed by atoms with Crippen molar-refractivity contribution >= 4 is 23.2 Å². The highest BCUT2D eigenvalue weighted by Crippen LogP contribution is 2.19. The summed E-state index contributed by atoms with van der Waals surface area (Å²) in [6.07, 6.45) is 0. The average Bonchev–Trinajstić information content (AvgIpc) is 2.20. The molecule has 0 aliphatic rings. The molecule has 94 valence electrons. The fraction of sp³-hybridized carbons (Fsp3) is 0.417. The van der Waals surface area contributed by atoms with E-state index in [9.17, 15) is 9.18 Å². The van der Waals surface area contributed by atoms with E-state index in [-0.39, 0.29) is 23.0 Å². The maximum absolute atomic E-state index is 12.9. The summed E-state index contributed by atoms with van der Waals surface area (Å²) in [6, 6.07) is 4.07. The van der Waals surface area contributed by atoms with E-state index in [0.29, 0.717) is 5.69 Å². The maximum Gasteiger partial charge on any atom is 0.238 e. The highest BCUT2D eigenvalue weighted by atomic mass is 35.5. The number of halogens is 2. The van der Waals surface area contributed by atoms with Crippen molar-refractivity contribution < 1.29 is 9.18 Å². The summed E-state index contributed by atoms with van der Waals surface area (Å²) in [5.41, 5.74) is 0.356. The Morgan fingerprint density at radius 2 is 2.06 bits per heavy atom. The Morgan fingerprint density at radius 3 is 2.59 bits per heavy atom. The standard InChI is InChI=1S/C12H16ClFN2O/c1-12(2,3)15-7-11(17)16-8-4-5-10(14)9(13)6-8/h4-6,15H,7H2,1-3H3,(H,16,17). The molecule has 0 aliphatic heterocycles. The fourth-order valence-corrected chi connectivity index (χ4v) is 1.31. The number of hydrogen-bond donors (Lipinski definition) is 2. The SMILES string of the molecule is CC(C)(C)NCC(=O)Nc1ccc(F)c(Cl)c1. The van der Waals surface area contributed by atoms with Gasteiger partial charge in [-0.25, -0.2) is 4.39 Å². The van der Waals surface area contributed by atoms with Crippen LogP contribution in [0.3, 0.4) is 0 Å². The van der Waals surface area contributed by atoms with Gasteiger partial charge in [-0.3, -0.25) is 4.79 Å². The topological polar surface area (TPSA) is 41.1 Å². The fourth-order valence-electron chi connectivity index (χ4n) is 1.12. The first-order chi connectivity index (χ1) is 7.78. The molecule has 5 heteroatoms. The molecular weight excluding hydrogens is 243 g/mol. The Hall–Kier alpha value is -1.13. The second kappa shape index (κ2) is 5.47. The van der Waals surface area contributed by atoms with E-state index in [1.165, 1.54) is 18.2 Å². The Labute approximate surface area is 105 Å².